The second-order valence-corrected chi connectivity index (χ2v) is 23.4. The Morgan fingerprint density at radius 3 is 0.762 bits per heavy atom. The molecule has 80 heavy (non-hydrogen) atoms. The number of carbonyl (C=O) groups is 3. The normalized spacial score (nSPS) is 12.5. The molecule has 0 heterocycles. The van der Waals surface area contributed by atoms with Crippen molar-refractivity contribution < 1.29 is 28.6 Å². The fourth-order valence-electron chi connectivity index (χ4n) is 10.3. The maximum atomic E-state index is 13.0. The molecule has 0 amide bonds. The van der Waals surface area contributed by atoms with Crippen LogP contribution in [0.4, 0.5) is 0 Å². The van der Waals surface area contributed by atoms with E-state index in [0.717, 1.165) is 103 Å². The van der Waals surface area contributed by atoms with Gasteiger partial charge >= 0.3 is 17.9 Å². The summed E-state index contributed by atoms with van der Waals surface area (Å²) in [4.78, 5) is 38.4. The summed E-state index contributed by atoms with van der Waals surface area (Å²) < 4.78 is 17.0. The molecule has 1 unspecified atom stereocenters. The van der Waals surface area contributed by atoms with E-state index >= 15 is 0 Å². The van der Waals surface area contributed by atoms with E-state index in [0.29, 0.717) is 19.3 Å². The lowest BCUT2D eigenvalue weighted by Crippen LogP contribution is -2.30. The van der Waals surface area contributed by atoms with Gasteiger partial charge in [0.05, 0.1) is 0 Å². The molecule has 0 aliphatic heterocycles. The topological polar surface area (TPSA) is 78.9 Å². The second-order valence-electron chi connectivity index (χ2n) is 23.4. The quantitative estimate of drug-likeness (QED) is 0.0261. The molecule has 0 spiro atoms. The second kappa shape index (κ2) is 68.3. The Hall–Kier alpha value is -3.15. The van der Waals surface area contributed by atoms with Crippen molar-refractivity contribution in [3.8, 4) is 0 Å². The molecule has 0 aromatic heterocycles. The SMILES string of the molecule is CC/C=C\C/C=C\C/C=C\C/C=C\C/C=C\C/C=C\CCCCCCCCCCC(=O)OCC(COC(=O)CCCCCCCCCCCCCCCCC)OC(=O)CCCCCCCCCCCCCCCCCCCCCC. The van der Waals surface area contributed by atoms with Crippen molar-refractivity contribution in [1.82, 2.24) is 0 Å². The first kappa shape index (κ1) is 76.9. The number of esters is 3. The third-order valence-electron chi connectivity index (χ3n) is 15.5. The Morgan fingerprint density at radius 2 is 0.487 bits per heavy atom. The van der Waals surface area contributed by atoms with Gasteiger partial charge in [-0.3, -0.25) is 14.4 Å². The molecule has 0 aromatic carbocycles. The van der Waals surface area contributed by atoms with Crippen LogP contribution >= 0.6 is 0 Å². The molecule has 0 bridgehead atoms. The van der Waals surface area contributed by atoms with Crippen LogP contribution in [0.5, 0.6) is 0 Å². The molecule has 0 aliphatic carbocycles. The van der Waals surface area contributed by atoms with E-state index in [1.807, 2.05) is 0 Å². The Kier molecular flexibility index (Phi) is 65.7. The molecule has 0 fully saturated rings. The molecule has 6 nitrogen and oxygen atoms in total. The largest absolute Gasteiger partial charge is 0.462 e. The molecule has 1 atom stereocenters. The Morgan fingerprint density at radius 1 is 0.263 bits per heavy atom. The molecule has 464 valence electrons. The summed E-state index contributed by atoms with van der Waals surface area (Å²) in [6.45, 7) is 6.58. The number of rotatable bonds is 64. The maximum absolute atomic E-state index is 13.0. The van der Waals surface area contributed by atoms with Crippen LogP contribution < -0.4 is 0 Å². The zero-order chi connectivity index (χ0) is 57.8. The lowest BCUT2D eigenvalue weighted by Gasteiger charge is -2.18. The highest BCUT2D eigenvalue weighted by Gasteiger charge is 2.19. The van der Waals surface area contributed by atoms with Crippen molar-refractivity contribution in [3.63, 3.8) is 0 Å². The van der Waals surface area contributed by atoms with Crippen LogP contribution in [-0.2, 0) is 28.6 Å². The van der Waals surface area contributed by atoms with Crippen molar-refractivity contribution in [3.05, 3.63) is 72.9 Å². The van der Waals surface area contributed by atoms with Gasteiger partial charge < -0.3 is 14.2 Å². The predicted molar refractivity (Wildman–Crippen MR) is 348 cm³/mol. The number of ether oxygens (including phenoxy) is 3. The summed E-state index contributed by atoms with van der Waals surface area (Å²) in [5.74, 6) is -0.856. The van der Waals surface area contributed by atoms with Crippen molar-refractivity contribution in [2.24, 2.45) is 0 Å². The molecule has 0 saturated carbocycles. The minimum Gasteiger partial charge on any atom is -0.462 e. The molecule has 0 aliphatic rings. The van der Waals surface area contributed by atoms with Crippen LogP contribution in [0.25, 0.3) is 0 Å². The van der Waals surface area contributed by atoms with Crippen molar-refractivity contribution in [2.75, 3.05) is 13.2 Å². The van der Waals surface area contributed by atoms with Crippen LogP contribution in [0.1, 0.15) is 361 Å². The number of unbranched alkanes of at least 4 members (excludes halogenated alkanes) is 41. The van der Waals surface area contributed by atoms with Crippen LogP contribution in [0.2, 0.25) is 0 Å². The van der Waals surface area contributed by atoms with Gasteiger partial charge in [-0.15, -0.1) is 0 Å². The standard InChI is InChI=1S/C74H132O6/c1-4-7-10-13-16-19-22-25-28-30-32-34-35-36-37-38-39-40-42-43-46-49-52-55-58-61-64-67-73(76)79-70-71(69-78-72(75)66-63-60-57-54-51-48-45-27-24-21-18-15-12-9-6-3)80-74(77)68-65-62-59-56-53-50-47-44-41-33-31-29-26-23-20-17-14-11-8-5-2/h7,10,16,19,25,28,32,34,36-37,39-40,71H,4-6,8-9,11-15,17-18,20-24,26-27,29-31,33,35,38,41-70H2,1-3H3/b10-7-,19-16-,28-25-,34-32-,37-36-,40-39-. The van der Waals surface area contributed by atoms with Gasteiger partial charge in [-0.1, -0.05) is 344 Å². The van der Waals surface area contributed by atoms with E-state index in [4.69, 9.17) is 14.2 Å². The van der Waals surface area contributed by atoms with Gasteiger partial charge in [0.1, 0.15) is 13.2 Å². The summed E-state index contributed by atoms with van der Waals surface area (Å²) in [6, 6.07) is 0. The minimum absolute atomic E-state index is 0.0722. The van der Waals surface area contributed by atoms with Crippen LogP contribution in [0.15, 0.2) is 72.9 Å². The first-order valence-electron chi connectivity index (χ1n) is 34.9. The highest BCUT2D eigenvalue weighted by Crippen LogP contribution is 2.18. The Labute approximate surface area is 497 Å². The van der Waals surface area contributed by atoms with Crippen LogP contribution in [0.3, 0.4) is 0 Å². The van der Waals surface area contributed by atoms with Crippen LogP contribution in [-0.4, -0.2) is 37.2 Å². The minimum atomic E-state index is -0.777. The lowest BCUT2D eigenvalue weighted by molar-refractivity contribution is -0.167. The Bertz CT molecular complexity index is 1470. The summed E-state index contributed by atoms with van der Waals surface area (Å²) in [6.07, 6.45) is 89.2. The van der Waals surface area contributed by atoms with Gasteiger partial charge in [-0.05, 0) is 70.6 Å². The van der Waals surface area contributed by atoms with Gasteiger partial charge in [0.15, 0.2) is 6.10 Å². The van der Waals surface area contributed by atoms with Crippen molar-refractivity contribution >= 4 is 17.9 Å². The van der Waals surface area contributed by atoms with Gasteiger partial charge in [0.25, 0.3) is 0 Å². The third kappa shape index (κ3) is 65.7. The van der Waals surface area contributed by atoms with Gasteiger partial charge in [-0.2, -0.15) is 0 Å². The first-order chi connectivity index (χ1) is 39.5. The van der Waals surface area contributed by atoms with E-state index < -0.39 is 6.10 Å². The molecule has 0 rings (SSSR count). The summed E-state index contributed by atoms with van der Waals surface area (Å²) in [5, 5.41) is 0. The fraction of sp³-hybridized carbons (Fsp3) is 0.797. The summed E-state index contributed by atoms with van der Waals surface area (Å²) in [7, 11) is 0. The lowest BCUT2D eigenvalue weighted by atomic mass is 10.0. The zero-order valence-corrected chi connectivity index (χ0v) is 53.3. The zero-order valence-electron chi connectivity index (χ0n) is 53.3. The summed E-state index contributed by atoms with van der Waals surface area (Å²) >= 11 is 0. The number of hydrogen-bond acceptors (Lipinski definition) is 6. The smallest absolute Gasteiger partial charge is 0.306 e. The maximum Gasteiger partial charge on any atom is 0.306 e. The first-order valence-corrected chi connectivity index (χ1v) is 34.9. The van der Waals surface area contributed by atoms with Gasteiger partial charge in [-0.25, -0.2) is 0 Å². The molecule has 0 N–H and O–H groups in total. The molecular weight excluding hydrogens is 985 g/mol. The summed E-state index contributed by atoms with van der Waals surface area (Å²) in [5.41, 5.74) is 0. The highest BCUT2D eigenvalue weighted by atomic mass is 16.6. The number of allylic oxidation sites excluding steroid dienone is 12. The van der Waals surface area contributed by atoms with Crippen LogP contribution in [0, 0.1) is 0 Å². The molecule has 0 radical (unpaired) electrons. The number of hydrogen-bond donors (Lipinski definition) is 0. The predicted octanol–water partition coefficient (Wildman–Crippen LogP) is 24.1. The Balaban J connectivity index is 4.32. The van der Waals surface area contributed by atoms with E-state index in [9.17, 15) is 14.4 Å². The van der Waals surface area contributed by atoms with E-state index in [1.54, 1.807) is 0 Å². The number of carbonyl (C=O) groups excluding carboxylic acids is 3. The molecule has 0 aromatic rings. The van der Waals surface area contributed by atoms with Crippen molar-refractivity contribution in [1.29, 1.82) is 0 Å². The third-order valence-corrected chi connectivity index (χ3v) is 15.5. The highest BCUT2D eigenvalue weighted by molar-refractivity contribution is 5.71. The van der Waals surface area contributed by atoms with Crippen molar-refractivity contribution in [2.45, 2.75) is 367 Å². The van der Waals surface area contributed by atoms with E-state index in [2.05, 4.69) is 93.7 Å². The van der Waals surface area contributed by atoms with Gasteiger partial charge in [0, 0.05) is 19.3 Å². The molecule has 6 heteroatoms. The fourth-order valence-corrected chi connectivity index (χ4v) is 10.3. The molecule has 0 saturated heterocycles. The van der Waals surface area contributed by atoms with E-state index in [-0.39, 0.29) is 31.1 Å². The molecular formula is C74H132O6. The van der Waals surface area contributed by atoms with E-state index in [1.165, 1.54) is 218 Å². The average molecular weight is 1120 g/mol. The average Bonchev–Trinajstić information content (AvgIpc) is 3.46. The monoisotopic (exact) mass is 1120 g/mol. The van der Waals surface area contributed by atoms with Gasteiger partial charge in [0.2, 0.25) is 0 Å².